The van der Waals surface area contributed by atoms with E-state index in [9.17, 15) is 0 Å². The first kappa shape index (κ1) is 13.4. The highest BCUT2D eigenvalue weighted by molar-refractivity contribution is 4.90. The molecule has 2 nitrogen and oxygen atoms in total. The van der Waals surface area contributed by atoms with E-state index in [1.165, 1.54) is 64.3 Å². The summed E-state index contributed by atoms with van der Waals surface area (Å²) in [6, 6.07) is 1.55. The molecule has 1 aliphatic heterocycles. The van der Waals surface area contributed by atoms with Crippen molar-refractivity contribution in [2.45, 2.75) is 76.8 Å². The highest BCUT2D eigenvalue weighted by Gasteiger charge is 2.35. The van der Waals surface area contributed by atoms with Crippen LogP contribution in [0.5, 0.6) is 0 Å². The molecule has 1 saturated heterocycles. The van der Waals surface area contributed by atoms with Gasteiger partial charge >= 0.3 is 0 Å². The van der Waals surface area contributed by atoms with Gasteiger partial charge in [0.2, 0.25) is 0 Å². The van der Waals surface area contributed by atoms with Crippen molar-refractivity contribution < 1.29 is 0 Å². The Labute approximate surface area is 107 Å². The van der Waals surface area contributed by atoms with Crippen molar-refractivity contribution in [1.29, 1.82) is 0 Å². The van der Waals surface area contributed by atoms with E-state index in [0.717, 1.165) is 18.5 Å². The third-order valence-electron chi connectivity index (χ3n) is 4.92. The lowest BCUT2D eigenvalue weighted by molar-refractivity contribution is 0.0249. The number of piperidine rings is 1. The van der Waals surface area contributed by atoms with Crippen molar-refractivity contribution in [2.75, 3.05) is 13.1 Å². The van der Waals surface area contributed by atoms with E-state index in [0.29, 0.717) is 6.04 Å². The van der Waals surface area contributed by atoms with Gasteiger partial charge in [-0.25, -0.2) is 0 Å². The highest BCUT2D eigenvalue weighted by atomic mass is 15.2. The lowest BCUT2D eigenvalue weighted by atomic mass is 9.77. The summed E-state index contributed by atoms with van der Waals surface area (Å²) >= 11 is 0. The first-order valence-corrected chi connectivity index (χ1v) is 7.82. The molecule has 2 N–H and O–H groups in total. The SMILES string of the molecule is CCCCC(CN)N1CCC[C@H]2CCCC[C@H]21. The molecule has 17 heavy (non-hydrogen) atoms. The van der Waals surface area contributed by atoms with Crippen LogP contribution in [0.15, 0.2) is 0 Å². The van der Waals surface area contributed by atoms with Crippen molar-refractivity contribution in [3.8, 4) is 0 Å². The van der Waals surface area contributed by atoms with E-state index < -0.39 is 0 Å². The molecule has 0 spiro atoms. The Morgan fingerprint density at radius 2 is 1.94 bits per heavy atom. The molecule has 2 rings (SSSR count). The summed E-state index contributed by atoms with van der Waals surface area (Å²) in [6.45, 7) is 4.46. The molecular weight excluding hydrogens is 208 g/mol. The summed E-state index contributed by atoms with van der Waals surface area (Å²) in [5.41, 5.74) is 6.02. The second kappa shape index (κ2) is 6.75. The van der Waals surface area contributed by atoms with Crippen LogP contribution in [0.1, 0.15) is 64.7 Å². The van der Waals surface area contributed by atoms with Crippen LogP contribution in [-0.4, -0.2) is 30.1 Å². The largest absolute Gasteiger partial charge is 0.329 e. The van der Waals surface area contributed by atoms with Crippen LogP contribution < -0.4 is 5.73 Å². The number of likely N-dealkylation sites (tertiary alicyclic amines) is 1. The van der Waals surface area contributed by atoms with Crippen LogP contribution in [0.2, 0.25) is 0 Å². The topological polar surface area (TPSA) is 29.3 Å². The van der Waals surface area contributed by atoms with E-state index >= 15 is 0 Å². The van der Waals surface area contributed by atoms with E-state index in [4.69, 9.17) is 5.73 Å². The summed E-state index contributed by atoms with van der Waals surface area (Å²) in [7, 11) is 0. The number of rotatable bonds is 5. The summed E-state index contributed by atoms with van der Waals surface area (Å²) in [6.07, 6.45) is 12.7. The van der Waals surface area contributed by atoms with Crippen molar-refractivity contribution >= 4 is 0 Å². The second-order valence-electron chi connectivity index (χ2n) is 6.02. The van der Waals surface area contributed by atoms with Gasteiger partial charge in [0.05, 0.1) is 0 Å². The summed E-state index contributed by atoms with van der Waals surface area (Å²) in [5.74, 6) is 0.994. The Hall–Kier alpha value is -0.0800. The van der Waals surface area contributed by atoms with Gasteiger partial charge in [0.15, 0.2) is 0 Å². The van der Waals surface area contributed by atoms with Gasteiger partial charge in [-0.05, 0) is 44.6 Å². The molecule has 1 heterocycles. The Bertz CT molecular complexity index is 215. The molecule has 0 amide bonds. The van der Waals surface area contributed by atoms with Gasteiger partial charge in [-0.2, -0.15) is 0 Å². The molecule has 0 aromatic rings. The Morgan fingerprint density at radius 3 is 2.71 bits per heavy atom. The quantitative estimate of drug-likeness (QED) is 0.797. The number of unbranched alkanes of at least 4 members (excludes halogenated alkanes) is 1. The fraction of sp³-hybridized carbons (Fsp3) is 1.00. The first-order valence-electron chi connectivity index (χ1n) is 7.82. The lowest BCUT2D eigenvalue weighted by Crippen LogP contribution is -2.53. The maximum atomic E-state index is 6.02. The fourth-order valence-corrected chi connectivity index (χ4v) is 3.98. The maximum absolute atomic E-state index is 6.02. The van der Waals surface area contributed by atoms with Gasteiger partial charge in [-0.3, -0.25) is 4.90 Å². The third-order valence-corrected chi connectivity index (χ3v) is 4.92. The molecule has 3 atom stereocenters. The van der Waals surface area contributed by atoms with Crippen LogP contribution in [0.4, 0.5) is 0 Å². The average molecular weight is 238 g/mol. The Kier molecular flexibility index (Phi) is 5.30. The predicted octanol–water partition coefficient (Wildman–Crippen LogP) is 3.16. The lowest BCUT2D eigenvalue weighted by Gasteiger charge is -2.47. The first-order chi connectivity index (χ1) is 8.36. The predicted molar refractivity (Wildman–Crippen MR) is 74.1 cm³/mol. The zero-order valence-corrected chi connectivity index (χ0v) is 11.5. The molecule has 0 aromatic carbocycles. The van der Waals surface area contributed by atoms with Crippen LogP contribution in [0.3, 0.4) is 0 Å². The monoisotopic (exact) mass is 238 g/mol. The molecule has 2 heteroatoms. The number of hydrogen-bond acceptors (Lipinski definition) is 2. The van der Waals surface area contributed by atoms with Gasteiger partial charge in [0.25, 0.3) is 0 Å². The van der Waals surface area contributed by atoms with E-state index in [1.54, 1.807) is 0 Å². The number of nitrogens with two attached hydrogens (primary N) is 1. The zero-order valence-electron chi connectivity index (χ0n) is 11.5. The molecular formula is C15H30N2. The van der Waals surface area contributed by atoms with Gasteiger partial charge in [-0.1, -0.05) is 32.6 Å². The van der Waals surface area contributed by atoms with Crippen LogP contribution >= 0.6 is 0 Å². The smallest absolute Gasteiger partial charge is 0.0221 e. The minimum absolute atomic E-state index is 0.667. The van der Waals surface area contributed by atoms with Crippen LogP contribution in [0, 0.1) is 5.92 Å². The molecule has 0 bridgehead atoms. The summed E-state index contributed by atoms with van der Waals surface area (Å²) < 4.78 is 0. The Balaban J connectivity index is 1.95. The van der Waals surface area contributed by atoms with Gasteiger partial charge < -0.3 is 5.73 Å². The molecule has 100 valence electrons. The maximum Gasteiger partial charge on any atom is 0.0221 e. The van der Waals surface area contributed by atoms with Gasteiger partial charge in [0.1, 0.15) is 0 Å². The minimum Gasteiger partial charge on any atom is -0.329 e. The molecule has 1 aliphatic carbocycles. The minimum atomic E-state index is 0.667. The number of hydrogen-bond donors (Lipinski definition) is 1. The third kappa shape index (κ3) is 3.23. The van der Waals surface area contributed by atoms with Crippen molar-refractivity contribution in [2.24, 2.45) is 11.7 Å². The standard InChI is InChI=1S/C15H30N2/c1-2-3-9-14(12-16)17-11-6-8-13-7-4-5-10-15(13)17/h13-15H,2-12,16H2,1H3/t13-,14?,15-/m1/s1. The summed E-state index contributed by atoms with van der Waals surface area (Å²) in [5, 5.41) is 0. The summed E-state index contributed by atoms with van der Waals surface area (Å²) in [4.78, 5) is 2.79. The average Bonchev–Trinajstić information content (AvgIpc) is 2.40. The molecule has 1 saturated carbocycles. The van der Waals surface area contributed by atoms with E-state index in [1.807, 2.05) is 0 Å². The fourth-order valence-electron chi connectivity index (χ4n) is 3.98. The molecule has 2 fully saturated rings. The molecule has 0 aromatic heterocycles. The van der Waals surface area contributed by atoms with Gasteiger partial charge in [0, 0.05) is 18.6 Å². The van der Waals surface area contributed by atoms with Crippen LogP contribution in [-0.2, 0) is 0 Å². The van der Waals surface area contributed by atoms with Crippen molar-refractivity contribution in [3.05, 3.63) is 0 Å². The van der Waals surface area contributed by atoms with E-state index in [-0.39, 0.29) is 0 Å². The zero-order chi connectivity index (χ0) is 12.1. The Morgan fingerprint density at radius 1 is 1.18 bits per heavy atom. The second-order valence-corrected chi connectivity index (χ2v) is 6.02. The van der Waals surface area contributed by atoms with Gasteiger partial charge in [-0.15, -0.1) is 0 Å². The van der Waals surface area contributed by atoms with Crippen molar-refractivity contribution in [3.63, 3.8) is 0 Å². The normalized spacial score (nSPS) is 32.1. The van der Waals surface area contributed by atoms with E-state index in [2.05, 4.69) is 11.8 Å². The van der Waals surface area contributed by atoms with Crippen LogP contribution in [0.25, 0.3) is 0 Å². The molecule has 0 radical (unpaired) electrons. The highest BCUT2D eigenvalue weighted by Crippen LogP contribution is 2.36. The van der Waals surface area contributed by atoms with Crippen molar-refractivity contribution in [1.82, 2.24) is 4.90 Å². The number of nitrogens with zero attached hydrogens (tertiary/aromatic N) is 1. The molecule has 1 unspecified atom stereocenters. The number of fused-ring (bicyclic) bond motifs is 1. The molecule has 2 aliphatic rings.